The van der Waals surface area contributed by atoms with Crippen LogP contribution in [-0.2, 0) is 46.3 Å². The molecule has 0 heterocycles. The fourth-order valence-corrected chi connectivity index (χ4v) is 4.09. The van der Waals surface area contributed by atoms with Crippen molar-refractivity contribution in [1.29, 1.82) is 5.41 Å². The van der Waals surface area contributed by atoms with Gasteiger partial charge in [-0.3, -0.25) is 24.6 Å². The number of amides is 3. The zero-order valence-electron chi connectivity index (χ0n) is 27.0. The van der Waals surface area contributed by atoms with Crippen LogP contribution in [0.1, 0.15) is 71.6 Å². The van der Waals surface area contributed by atoms with Gasteiger partial charge in [-0.25, -0.2) is 4.79 Å². The van der Waals surface area contributed by atoms with Crippen molar-refractivity contribution in [3.8, 4) is 0 Å². The number of carbonyl (C=O) groups is 5. The van der Waals surface area contributed by atoms with Crippen molar-refractivity contribution in [3.63, 3.8) is 0 Å². The fraction of sp³-hybridized carbons (Fsp3) is 0.455. The third kappa shape index (κ3) is 13.6. The number of nitrogens with two attached hydrogens (primary N) is 1. The Labute approximate surface area is 264 Å². The Morgan fingerprint density at radius 2 is 1.31 bits per heavy atom. The topological polar surface area (TPSA) is 190 Å². The Morgan fingerprint density at radius 1 is 0.756 bits per heavy atom. The van der Waals surface area contributed by atoms with Gasteiger partial charge in [0.1, 0.15) is 35.2 Å². The minimum atomic E-state index is -1.42. The van der Waals surface area contributed by atoms with Crippen LogP contribution >= 0.6 is 0 Å². The van der Waals surface area contributed by atoms with Gasteiger partial charge in [0, 0.05) is 12.0 Å². The van der Waals surface area contributed by atoms with E-state index >= 15 is 0 Å². The quantitative estimate of drug-likeness (QED) is 0.128. The van der Waals surface area contributed by atoms with E-state index in [9.17, 15) is 24.0 Å². The van der Waals surface area contributed by atoms with Crippen molar-refractivity contribution < 1.29 is 33.4 Å². The summed E-state index contributed by atoms with van der Waals surface area (Å²) in [6, 6.07) is 11.9. The largest absolute Gasteiger partial charge is 0.460 e. The van der Waals surface area contributed by atoms with Crippen LogP contribution in [0.15, 0.2) is 54.6 Å². The minimum absolute atomic E-state index is 0.0469. The van der Waals surface area contributed by atoms with Crippen LogP contribution in [0.2, 0.25) is 0 Å². The van der Waals surface area contributed by atoms with Gasteiger partial charge in [0.05, 0.1) is 12.8 Å². The fourth-order valence-electron chi connectivity index (χ4n) is 4.09. The molecule has 2 aromatic rings. The van der Waals surface area contributed by atoms with Crippen LogP contribution in [0, 0.1) is 5.41 Å². The summed E-state index contributed by atoms with van der Waals surface area (Å²) in [7, 11) is 0. The van der Waals surface area contributed by atoms with Crippen LogP contribution in [0.3, 0.4) is 0 Å². The smallest absolute Gasteiger partial charge is 0.329 e. The Balaban J connectivity index is 2.20. The summed E-state index contributed by atoms with van der Waals surface area (Å²) in [6.07, 6.45) is -0.465. The van der Waals surface area contributed by atoms with Gasteiger partial charge in [0.15, 0.2) is 0 Å². The summed E-state index contributed by atoms with van der Waals surface area (Å²) < 4.78 is 10.9. The van der Waals surface area contributed by atoms with Crippen LogP contribution in [0.4, 0.5) is 0 Å². The molecule has 0 aliphatic heterocycles. The molecule has 0 saturated carbocycles. The first-order chi connectivity index (χ1) is 20.8. The van der Waals surface area contributed by atoms with Crippen LogP contribution < -0.4 is 21.7 Å². The normalized spacial score (nSPS) is 13.4. The number of rotatable bonds is 13. The number of carbonyl (C=O) groups excluding carboxylic acids is 5. The molecule has 3 amide bonds. The monoisotopic (exact) mass is 623 g/mol. The molecule has 0 spiro atoms. The van der Waals surface area contributed by atoms with Gasteiger partial charge in [-0.05, 0) is 59.6 Å². The molecule has 6 N–H and O–H groups in total. The maximum atomic E-state index is 13.6. The van der Waals surface area contributed by atoms with Gasteiger partial charge >= 0.3 is 11.9 Å². The zero-order chi connectivity index (χ0) is 33.9. The van der Waals surface area contributed by atoms with Crippen molar-refractivity contribution in [3.05, 3.63) is 71.3 Å². The second-order valence-electron chi connectivity index (χ2n) is 12.7. The standard InChI is InChI=1S/C33H45N5O7/c1-20(36-26(39)18-22-13-15-23(16-14-22)28(34)35)29(41)37-24(19-27(40)44-32(2,3)4)30(42)38-25(31(43)45-33(5,6)7)17-21-11-9-8-10-12-21/h8-16,20,24-25H,17-19H2,1-7H3,(H3,34,35)(H,36,39)(H,37,41)(H,38,42)/t20-,24-,25-/m0/s1. The number of nitrogen functional groups attached to an aromatic ring is 1. The van der Waals surface area contributed by atoms with Crippen LogP contribution in [0.25, 0.3) is 0 Å². The highest BCUT2D eigenvalue weighted by Crippen LogP contribution is 2.14. The molecule has 12 nitrogen and oxygen atoms in total. The zero-order valence-corrected chi connectivity index (χ0v) is 27.0. The summed E-state index contributed by atoms with van der Waals surface area (Å²) >= 11 is 0. The molecular formula is C33H45N5O7. The van der Waals surface area contributed by atoms with E-state index in [4.69, 9.17) is 20.6 Å². The van der Waals surface area contributed by atoms with Crippen molar-refractivity contribution in [1.82, 2.24) is 16.0 Å². The van der Waals surface area contributed by atoms with Crippen molar-refractivity contribution in [2.45, 2.75) is 97.1 Å². The Morgan fingerprint density at radius 3 is 1.84 bits per heavy atom. The SMILES string of the molecule is C[C@H](NC(=O)Cc1ccc(C(=N)N)cc1)C(=O)N[C@@H](CC(=O)OC(C)(C)C)C(=O)N[C@@H](Cc1ccccc1)C(=O)OC(C)(C)C. The minimum Gasteiger partial charge on any atom is -0.460 e. The molecule has 12 heteroatoms. The Bertz CT molecular complexity index is 1360. The number of esters is 2. The molecule has 0 saturated heterocycles. The lowest BCUT2D eigenvalue weighted by atomic mass is 10.0. The molecule has 0 aromatic heterocycles. The lowest BCUT2D eigenvalue weighted by Gasteiger charge is -2.27. The van der Waals surface area contributed by atoms with E-state index in [2.05, 4.69) is 16.0 Å². The van der Waals surface area contributed by atoms with Gasteiger partial charge in [0.25, 0.3) is 0 Å². The lowest BCUT2D eigenvalue weighted by molar-refractivity contribution is -0.159. The highest BCUT2D eigenvalue weighted by Gasteiger charge is 2.33. The third-order valence-corrected chi connectivity index (χ3v) is 6.11. The van der Waals surface area contributed by atoms with Crippen LogP contribution in [-0.4, -0.2) is 64.8 Å². The van der Waals surface area contributed by atoms with E-state index in [1.54, 1.807) is 90.1 Å². The first-order valence-electron chi connectivity index (χ1n) is 14.6. The van der Waals surface area contributed by atoms with Crippen LogP contribution in [0.5, 0.6) is 0 Å². The summed E-state index contributed by atoms with van der Waals surface area (Å²) in [5, 5.41) is 15.2. The van der Waals surface area contributed by atoms with E-state index in [0.717, 1.165) is 5.56 Å². The van der Waals surface area contributed by atoms with Crippen molar-refractivity contribution in [2.24, 2.45) is 5.73 Å². The third-order valence-electron chi connectivity index (χ3n) is 6.11. The summed E-state index contributed by atoms with van der Waals surface area (Å²) in [5.41, 5.74) is 5.70. The predicted molar refractivity (Wildman–Crippen MR) is 169 cm³/mol. The average molecular weight is 624 g/mol. The molecule has 45 heavy (non-hydrogen) atoms. The molecule has 0 aliphatic carbocycles. The first-order valence-corrected chi connectivity index (χ1v) is 14.6. The summed E-state index contributed by atoms with van der Waals surface area (Å²) in [5.74, 6) is -3.52. The maximum absolute atomic E-state index is 13.6. The molecule has 0 radical (unpaired) electrons. The lowest BCUT2D eigenvalue weighted by Crippen LogP contribution is -2.56. The highest BCUT2D eigenvalue weighted by atomic mass is 16.6. The first kappa shape index (κ1) is 36.5. The number of ether oxygens (including phenoxy) is 2. The van der Waals surface area contributed by atoms with Gasteiger partial charge < -0.3 is 31.2 Å². The molecule has 3 atom stereocenters. The van der Waals surface area contributed by atoms with E-state index in [1.807, 2.05) is 6.07 Å². The molecule has 2 rings (SSSR count). The van der Waals surface area contributed by atoms with E-state index < -0.39 is 65.4 Å². The second kappa shape index (κ2) is 15.8. The van der Waals surface area contributed by atoms with Gasteiger partial charge in [0.2, 0.25) is 17.7 Å². The number of nitrogens with one attached hydrogen (secondary N) is 4. The van der Waals surface area contributed by atoms with Gasteiger partial charge in [-0.2, -0.15) is 0 Å². The number of amidine groups is 1. The summed E-state index contributed by atoms with van der Waals surface area (Å²) in [4.78, 5) is 65.2. The average Bonchev–Trinajstić information content (AvgIpc) is 2.91. The predicted octanol–water partition coefficient (Wildman–Crippen LogP) is 2.30. The van der Waals surface area contributed by atoms with E-state index in [1.165, 1.54) is 6.92 Å². The molecule has 0 bridgehead atoms. The van der Waals surface area contributed by atoms with Gasteiger partial charge in [-0.1, -0.05) is 54.6 Å². The molecule has 0 fully saturated rings. The highest BCUT2D eigenvalue weighted by molar-refractivity contribution is 5.96. The van der Waals surface area contributed by atoms with Crippen molar-refractivity contribution >= 4 is 35.5 Å². The molecule has 0 unspecified atom stereocenters. The molecule has 0 aliphatic rings. The second-order valence-corrected chi connectivity index (χ2v) is 12.7. The molecule has 2 aromatic carbocycles. The Hall–Kier alpha value is -4.74. The Kier molecular flexibility index (Phi) is 12.8. The maximum Gasteiger partial charge on any atom is 0.329 e. The van der Waals surface area contributed by atoms with Crippen molar-refractivity contribution in [2.75, 3.05) is 0 Å². The number of hydrogen-bond acceptors (Lipinski definition) is 8. The number of hydrogen-bond donors (Lipinski definition) is 5. The molecule has 244 valence electrons. The van der Waals surface area contributed by atoms with Gasteiger partial charge in [-0.15, -0.1) is 0 Å². The molecular weight excluding hydrogens is 578 g/mol. The van der Waals surface area contributed by atoms with E-state index in [-0.39, 0.29) is 18.7 Å². The van der Waals surface area contributed by atoms with E-state index in [0.29, 0.717) is 11.1 Å². The number of benzene rings is 2. The summed E-state index contributed by atoms with van der Waals surface area (Å²) in [6.45, 7) is 11.6.